The summed E-state index contributed by atoms with van der Waals surface area (Å²) >= 11 is 0. The van der Waals surface area contributed by atoms with Crippen LogP contribution in [-0.2, 0) is 9.59 Å². The second-order valence-electron chi connectivity index (χ2n) is 4.97. The number of carbonyl (C=O) groups is 2. The molecule has 1 heterocycles. The van der Waals surface area contributed by atoms with Gasteiger partial charge in [0.05, 0.1) is 12.2 Å². The maximum absolute atomic E-state index is 12.3. The Hall–Kier alpha value is -2.08. The van der Waals surface area contributed by atoms with Gasteiger partial charge in [-0.25, -0.2) is 4.79 Å². The molecule has 1 aliphatic heterocycles. The lowest BCUT2D eigenvalue weighted by molar-refractivity contribution is -0.145. The molecule has 1 atom stereocenters. The highest BCUT2D eigenvalue weighted by atomic mass is 16.5. The molecule has 2 rings (SSSR count). The topological polar surface area (TPSA) is 70.1 Å². The van der Waals surface area contributed by atoms with Crippen molar-refractivity contribution in [3.8, 4) is 5.75 Å². The first kappa shape index (κ1) is 14.3. The van der Waals surface area contributed by atoms with Crippen molar-refractivity contribution in [3.05, 3.63) is 24.3 Å². The lowest BCUT2D eigenvalue weighted by atomic mass is 10.1. The van der Waals surface area contributed by atoms with Gasteiger partial charge in [-0.15, -0.1) is 0 Å². The normalized spacial score (nSPS) is 17.6. The van der Waals surface area contributed by atoms with Gasteiger partial charge in [0.1, 0.15) is 5.75 Å². The van der Waals surface area contributed by atoms with Crippen molar-refractivity contribution < 1.29 is 19.4 Å². The molecule has 0 aliphatic carbocycles. The summed E-state index contributed by atoms with van der Waals surface area (Å²) in [5, 5.41) is 9.11. The number of aliphatic carboxylic acids is 1. The predicted octanol–water partition coefficient (Wildman–Crippen LogP) is 0.817. The van der Waals surface area contributed by atoms with E-state index in [1.807, 2.05) is 19.0 Å². The number of amides is 1. The van der Waals surface area contributed by atoms with E-state index in [9.17, 15) is 9.59 Å². The van der Waals surface area contributed by atoms with Crippen molar-refractivity contribution in [2.45, 2.75) is 12.5 Å². The lowest BCUT2D eigenvalue weighted by Crippen LogP contribution is -2.47. The first-order chi connectivity index (χ1) is 9.49. The zero-order chi connectivity index (χ0) is 14.7. The van der Waals surface area contributed by atoms with E-state index in [1.54, 1.807) is 24.3 Å². The van der Waals surface area contributed by atoms with Crippen molar-refractivity contribution in [1.82, 2.24) is 4.90 Å². The van der Waals surface area contributed by atoms with E-state index in [1.165, 1.54) is 4.90 Å². The number of ether oxygens (including phenoxy) is 1. The summed E-state index contributed by atoms with van der Waals surface area (Å²) in [5.41, 5.74) is 0.633. The maximum Gasteiger partial charge on any atom is 0.346 e. The summed E-state index contributed by atoms with van der Waals surface area (Å²) in [4.78, 5) is 26.8. The Balaban J connectivity index is 2.22. The molecule has 20 heavy (non-hydrogen) atoms. The number of carboxylic acids is 1. The molecule has 0 saturated carbocycles. The van der Waals surface area contributed by atoms with Crippen LogP contribution in [0.1, 0.15) is 6.42 Å². The van der Waals surface area contributed by atoms with Gasteiger partial charge in [-0.3, -0.25) is 4.79 Å². The SMILES string of the molecule is CN(C)CCC(=O)N1CC(C(=O)O)Oc2ccccc21. The van der Waals surface area contributed by atoms with E-state index in [4.69, 9.17) is 9.84 Å². The van der Waals surface area contributed by atoms with Crippen LogP contribution in [0.25, 0.3) is 0 Å². The molecule has 1 aromatic carbocycles. The molecule has 1 unspecified atom stereocenters. The molecule has 0 bridgehead atoms. The van der Waals surface area contributed by atoms with Crippen LogP contribution in [0, 0.1) is 0 Å². The zero-order valence-corrected chi connectivity index (χ0v) is 11.6. The molecular weight excluding hydrogens is 260 g/mol. The van der Waals surface area contributed by atoms with Crippen molar-refractivity contribution in [2.75, 3.05) is 32.1 Å². The van der Waals surface area contributed by atoms with Crippen molar-refractivity contribution in [2.24, 2.45) is 0 Å². The Morgan fingerprint density at radius 3 is 2.75 bits per heavy atom. The number of fused-ring (bicyclic) bond motifs is 1. The highest BCUT2D eigenvalue weighted by molar-refractivity contribution is 5.96. The van der Waals surface area contributed by atoms with Crippen LogP contribution in [0.2, 0.25) is 0 Å². The summed E-state index contributed by atoms with van der Waals surface area (Å²) < 4.78 is 5.40. The largest absolute Gasteiger partial charge is 0.478 e. The Morgan fingerprint density at radius 1 is 1.40 bits per heavy atom. The fourth-order valence-electron chi connectivity index (χ4n) is 2.05. The Morgan fingerprint density at radius 2 is 2.10 bits per heavy atom. The molecular formula is C14H18N2O4. The maximum atomic E-state index is 12.3. The highest BCUT2D eigenvalue weighted by Gasteiger charge is 2.33. The van der Waals surface area contributed by atoms with E-state index in [2.05, 4.69) is 0 Å². The van der Waals surface area contributed by atoms with E-state index in [-0.39, 0.29) is 12.5 Å². The average molecular weight is 278 g/mol. The van der Waals surface area contributed by atoms with Crippen LogP contribution in [0.4, 0.5) is 5.69 Å². The molecule has 1 aliphatic rings. The lowest BCUT2D eigenvalue weighted by Gasteiger charge is -2.33. The molecule has 1 N–H and O–H groups in total. The Labute approximate surface area is 117 Å². The third kappa shape index (κ3) is 3.08. The third-order valence-electron chi connectivity index (χ3n) is 3.12. The summed E-state index contributed by atoms with van der Waals surface area (Å²) in [6, 6.07) is 7.00. The van der Waals surface area contributed by atoms with Gasteiger partial charge in [0.2, 0.25) is 12.0 Å². The standard InChI is InChI=1S/C14H18N2O4/c1-15(2)8-7-13(17)16-9-12(14(18)19)20-11-6-4-3-5-10(11)16/h3-6,12H,7-9H2,1-2H3,(H,18,19). The quantitative estimate of drug-likeness (QED) is 0.883. The number of carbonyl (C=O) groups excluding carboxylic acids is 1. The van der Waals surface area contributed by atoms with E-state index in [0.29, 0.717) is 24.4 Å². The number of hydrogen-bond acceptors (Lipinski definition) is 4. The molecule has 0 aromatic heterocycles. The number of rotatable bonds is 4. The fraction of sp³-hybridized carbons (Fsp3) is 0.429. The van der Waals surface area contributed by atoms with Gasteiger partial charge < -0.3 is 19.6 Å². The predicted molar refractivity (Wildman–Crippen MR) is 74.0 cm³/mol. The second kappa shape index (κ2) is 5.92. The van der Waals surface area contributed by atoms with Crippen LogP contribution in [0.3, 0.4) is 0 Å². The van der Waals surface area contributed by atoms with Gasteiger partial charge in [0, 0.05) is 13.0 Å². The minimum Gasteiger partial charge on any atom is -0.478 e. The van der Waals surface area contributed by atoms with Crippen LogP contribution < -0.4 is 9.64 Å². The summed E-state index contributed by atoms with van der Waals surface area (Å²) in [5.74, 6) is -0.727. The number of para-hydroxylation sites is 2. The van der Waals surface area contributed by atoms with Gasteiger partial charge in [-0.1, -0.05) is 12.1 Å². The number of nitrogens with zero attached hydrogens (tertiary/aromatic N) is 2. The number of hydrogen-bond donors (Lipinski definition) is 1. The van der Waals surface area contributed by atoms with Gasteiger partial charge in [0.25, 0.3) is 0 Å². The summed E-state index contributed by atoms with van der Waals surface area (Å²) in [6.45, 7) is 0.661. The van der Waals surface area contributed by atoms with Gasteiger partial charge in [-0.05, 0) is 26.2 Å². The van der Waals surface area contributed by atoms with E-state index >= 15 is 0 Å². The first-order valence-electron chi connectivity index (χ1n) is 6.42. The van der Waals surface area contributed by atoms with Gasteiger partial charge >= 0.3 is 5.97 Å². The monoisotopic (exact) mass is 278 g/mol. The minimum atomic E-state index is -1.06. The summed E-state index contributed by atoms with van der Waals surface area (Å²) in [6.07, 6.45) is -0.679. The fourth-order valence-corrected chi connectivity index (χ4v) is 2.05. The summed E-state index contributed by atoms with van der Waals surface area (Å²) in [7, 11) is 3.78. The van der Waals surface area contributed by atoms with E-state index < -0.39 is 12.1 Å². The van der Waals surface area contributed by atoms with Crippen LogP contribution in [-0.4, -0.2) is 55.2 Å². The van der Waals surface area contributed by atoms with Crippen molar-refractivity contribution in [3.63, 3.8) is 0 Å². The van der Waals surface area contributed by atoms with Gasteiger partial charge in [-0.2, -0.15) is 0 Å². The van der Waals surface area contributed by atoms with Crippen molar-refractivity contribution in [1.29, 1.82) is 0 Å². The second-order valence-corrected chi connectivity index (χ2v) is 4.97. The first-order valence-corrected chi connectivity index (χ1v) is 6.42. The van der Waals surface area contributed by atoms with Crippen LogP contribution >= 0.6 is 0 Å². The number of anilines is 1. The molecule has 6 heteroatoms. The smallest absolute Gasteiger partial charge is 0.346 e. The molecule has 1 aromatic rings. The van der Waals surface area contributed by atoms with Crippen LogP contribution in [0.15, 0.2) is 24.3 Å². The van der Waals surface area contributed by atoms with Gasteiger partial charge in [0.15, 0.2) is 0 Å². The molecule has 6 nitrogen and oxygen atoms in total. The molecule has 0 radical (unpaired) electrons. The Bertz CT molecular complexity index is 516. The molecule has 0 saturated heterocycles. The molecule has 0 fully saturated rings. The zero-order valence-electron chi connectivity index (χ0n) is 11.6. The number of benzene rings is 1. The molecule has 1 amide bonds. The van der Waals surface area contributed by atoms with E-state index in [0.717, 1.165) is 0 Å². The Kier molecular flexibility index (Phi) is 4.24. The minimum absolute atomic E-state index is 0.0403. The highest BCUT2D eigenvalue weighted by Crippen LogP contribution is 2.33. The average Bonchev–Trinajstić information content (AvgIpc) is 2.43. The molecule has 0 spiro atoms. The van der Waals surface area contributed by atoms with Crippen molar-refractivity contribution >= 4 is 17.6 Å². The molecule has 108 valence electrons. The number of carboxylic acid groups (broad SMARTS) is 1. The van der Waals surface area contributed by atoms with Crippen LogP contribution in [0.5, 0.6) is 5.75 Å². The third-order valence-corrected chi connectivity index (χ3v) is 3.12.